The molecule has 5 N–H and O–H groups in total. The zero-order valence-electron chi connectivity index (χ0n) is 19.3. The molecule has 2 aromatic carbocycles. The average Bonchev–Trinajstić information content (AvgIpc) is 2.85. The van der Waals surface area contributed by atoms with Gasteiger partial charge in [0.15, 0.2) is 6.10 Å². The predicted octanol–water partition coefficient (Wildman–Crippen LogP) is 1.60. The number of nitrogens with one attached hydrogen (secondary N) is 2. The van der Waals surface area contributed by atoms with Crippen LogP contribution < -0.4 is 21.1 Å². The molecule has 2 aromatic rings. The second kappa shape index (κ2) is 12.0. The number of ether oxygens (including phenoxy) is 2. The summed E-state index contributed by atoms with van der Waals surface area (Å²) in [5.41, 5.74) is 6.99. The Kier molecular flexibility index (Phi) is 9.12. The third-order valence-corrected chi connectivity index (χ3v) is 6.24. The van der Waals surface area contributed by atoms with Crippen molar-refractivity contribution in [2.75, 3.05) is 46.1 Å². The molecule has 0 spiro atoms. The van der Waals surface area contributed by atoms with Crippen molar-refractivity contribution >= 4 is 29.1 Å². The van der Waals surface area contributed by atoms with E-state index in [2.05, 4.69) is 15.5 Å². The number of nitrogens with two attached hydrogens (primary N) is 1. The van der Waals surface area contributed by atoms with E-state index in [4.69, 9.17) is 26.8 Å². The molecule has 0 radical (unpaired) electrons. The van der Waals surface area contributed by atoms with Gasteiger partial charge in [0.1, 0.15) is 5.75 Å². The molecular formula is C24H31ClN4O5. The highest BCUT2D eigenvalue weighted by Crippen LogP contribution is 2.29. The topological polar surface area (TPSA) is 126 Å². The number of rotatable bonds is 9. The molecule has 3 unspecified atom stereocenters. The minimum atomic E-state index is -1.20. The highest BCUT2D eigenvalue weighted by Gasteiger charge is 2.31. The van der Waals surface area contributed by atoms with E-state index < -0.39 is 12.0 Å². The molecule has 10 heteroatoms. The van der Waals surface area contributed by atoms with Gasteiger partial charge in [-0.05, 0) is 18.1 Å². The van der Waals surface area contributed by atoms with Gasteiger partial charge in [-0.3, -0.25) is 14.5 Å². The average molecular weight is 491 g/mol. The lowest BCUT2D eigenvalue weighted by atomic mass is 10.0. The summed E-state index contributed by atoms with van der Waals surface area (Å²) in [5, 5.41) is 16.2. The number of nitrogen functional groups attached to an aromatic ring is 1. The molecule has 0 aromatic heterocycles. The van der Waals surface area contributed by atoms with E-state index in [9.17, 15) is 14.7 Å². The Morgan fingerprint density at radius 1 is 1.26 bits per heavy atom. The van der Waals surface area contributed by atoms with Crippen molar-refractivity contribution in [3.63, 3.8) is 0 Å². The lowest BCUT2D eigenvalue weighted by Crippen LogP contribution is -2.55. The summed E-state index contributed by atoms with van der Waals surface area (Å²) < 4.78 is 10.9. The number of likely N-dealkylation sites (tertiary alicyclic amines) is 1. The maximum atomic E-state index is 12.9. The maximum Gasteiger partial charge on any atom is 0.255 e. The van der Waals surface area contributed by atoms with Gasteiger partial charge in [0, 0.05) is 39.4 Å². The van der Waals surface area contributed by atoms with Crippen LogP contribution in [-0.2, 0) is 9.53 Å². The van der Waals surface area contributed by atoms with E-state index in [1.165, 1.54) is 19.2 Å². The van der Waals surface area contributed by atoms with Crippen LogP contribution in [0.4, 0.5) is 5.69 Å². The van der Waals surface area contributed by atoms with Crippen LogP contribution in [0.3, 0.4) is 0 Å². The summed E-state index contributed by atoms with van der Waals surface area (Å²) in [7, 11) is 3.07. The number of piperidine rings is 1. The number of carbonyl (C=O) groups is 2. The van der Waals surface area contributed by atoms with E-state index >= 15 is 0 Å². The Balaban J connectivity index is 1.50. The molecule has 184 valence electrons. The van der Waals surface area contributed by atoms with Crippen LogP contribution in [0.2, 0.25) is 5.02 Å². The van der Waals surface area contributed by atoms with Crippen molar-refractivity contribution in [3.05, 3.63) is 58.6 Å². The van der Waals surface area contributed by atoms with Crippen LogP contribution in [0.25, 0.3) is 0 Å². The van der Waals surface area contributed by atoms with Gasteiger partial charge < -0.3 is 30.9 Å². The number of benzene rings is 2. The molecule has 1 aliphatic heterocycles. The van der Waals surface area contributed by atoms with Crippen LogP contribution in [0.15, 0.2) is 42.5 Å². The number of hydrogen-bond donors (Lipinski definition) is 4. The minimum Gasteiger partial charge on any atom is -0.496 e. The van der Waals surface area contributed by atoms with Gasteiger partial charge in [0.25, 0.3) is 11.8 Å². The number of anilines is 1. The normalized spacial score (nSPS) is 19.3. The summed E-state index contributed by atoms with van der Waals surface area (Å²) in [6.45, 7) is 2.27. The van der Waals surface area contributed by atoms with Crippen molar-refractivity contribution in [3.8, 4) is 5.75 Å². The molecule has 1 fully saturated rings. The van der Waals surface area contributed by atoms with Crippen molar-refractivity contribution < 1.29 is 24.2 Å². The first-order valence-corrected chi connectivity index (χ1v) is 11.4. The molecule has 3 rings (SSSR count). The molecule has 0 saturated carbocycles. The van der Waals surface area contributed by atoms with E-state index in [1.807, 2.05) is 6.07 Å². The summed E-state index contributed by atoms with van der Waals surface area (Å²) >= 11 is 6.09. The summed E-state index contributed by atoms with van der Waals surface area (Å²) in [6, 6.07) is 11.6. The van der Waals surface area contributed by atoms with Crippen LogP contribution in [0.1, 0.15) is 28.4 Å². The summed E-state index contributed by atoms with van der Waals surface area (Å²) in [4.78, 5) is 27.3. The smallest absolute Gasteiger partial charge is 0.255 e. The third-order valence-electron chi connectivity index (χ3n) is 5.92. The predicted molar refractivity (Wildman–Crippen MR) is 130 cm³/mol. The standard InChI is InChI=1S/C24H31ClN4O5/c1-33-20-13-18(26)17(25)12-16(20)23(31)28-19-8-10-29(14-21(19)34-2)11-9-27-24(32)22(30)15-6-4-3-5-7-15/h3-7,12-13,19,21-22,30H,8-11,14,26H2,1-2H3,(H,27,32)(H,28,31). The first kappa shape index (κ1) is 25.8. The lowest BCUT2D eigenvalue weighted by molar-refractivity contribution is -0.129. The minimum absolute atomic E-state index is 0.204. The number of aliphatic hydroxyl groups is 1. The molecule has 1 saturated heterocycles. The molecule has 2 amide bonds. The number of nitrogens with zero attached hydrogens (tertiary/aromatic N) is 1. The fourth-order valence-corrected chi connectivity index (χ4v) is 4.13. The third kappa shape index (κ3) is 6.38. The lowest BCUT2D eigenvalue weighted by Gasteiger charge is -2.38. The maximum absolute atomic E-state index is 12.9. The van der Waals surface area contributed by atoms with Gasteiger partial charge in [-0.2, -0.15) is 0 Å². The Morgan fingerprint density at radius 3 is 2.68 bits per heavy atom. The molecule has 0 bridgehead atoms. The van der Waals surface area contributed by atoms with E-state index in [0.717, 1.165) is 0 Å². The zero-order valence-corrected chi connectivity index (χ0v) is 20.0. The van der Waals surface area contributed by atoms with E-state index in [1.54, 1.807) is 31.4 Å². The number of halogens is 1. The first-order chi connectivity index (χ1) is 16.3. The SMILES string of the molecule is COc1cc(N)c(Cl)cc1C(=O)NC1CCN(CCNC(=O)C(O)c2ccccc2)CC1OC. The van der Waals surface area contributed by atoms with E-state index in [0.29, 0.717) is 55.2 Å². The van der Waals surface area contributed by atoms with Crippen LogP contribution >= 0.6 is 11.6 Å². The van der Waals surface area contributed by atoms with Gasteiger partial charge in [-0.15, -0.1) is 0 Å². The Hall–Kier alpha value is -2.85. The van der Waals surface area contributed by atoms with Gasteiger partial charge in [-0.1, -0.05) is 41.9 Å². The van der Waals surface area contributed by atoms with Gasteiger partial charge >= 0.3 is 0 Å². The van der Waals surface area contributed by atoms with Crippen molar-refractivity contribution in [1.29, 1.82) is 0 Å². The number of hydrogen-bond acceptors (Lipinski definition) is 7. The van der Waals surface area contributed by atoms with E-state index in [-0.39, 0.29) is 23.1 Å². The Bertz CT molecular complexity index is 991. The van der Waals surface area contributed by atoms with Crippen molar-refractivity contribution in [1.82, 2.24) is 15.5 Å². The molecular weight excluding hydrogens is 460 g/mol. The number of methoxy groups -OCH3 is 2. The second-order valence-electron chi connectivity index (χ2n) is 8.12. The highest BCUT2D eigenvalue weighted by molar-refractivity contribution is 6.33. The Labute approximate surface area is 204 Å². The van der Waals surface area contributed by atoms with Crippen molar-refractivity contribution in [2.24, 2.45) is 0 Å². The molecule has 9 nitrogen and oxygen atoms in total. The second-order valence-corrected chi connectivity index (χ2v) is 8.53. The fraction of sp³-hybridized carbons (Fsp3) is 0.417. The number of amides is 2. The summed E-state index contributed by atoms with van der Waals surface area (Å²) in [6.07, 6.45) is -0.776. The van der Waals surface area contributed by atoms with Gasteiger partial charge in [0.05, 0.1) is 35.5 Å². The quantitative estimate of drug-likeness (QED) is 0.393. The van der Waals surface area contributed by atoms with Crippen LogP contribution in [-0.4, -0.2) is 74.4 Å². The Morgan fingerprint density at radius 2 is 2.00 bits per heavy atom. The first-order valence-electron chi connectivity index (χ1n) is 11.0. The summed E-state index contributed by atoms with van der Waals surface area (Å²) in [5.74, 6) is -0.409. The van der Waals surface area contributed by atoms with Crippen LogP contribution in [0, 0.1) is 0 Å². The molecule has 0 aliphatic carbocycles. The van der Waals surface area contributed by atoms with Crippen LogP contribution in [0.5, 0.6) is 5.75 Å². The van der Waals surface area contributed by atoms with Crippen molar-refractivity contribution in [2.45, 2.75) is 24.7 Å². The molecule has 3 atom stereocenters. The van der Waals surface area contributed by atoms with Gasteiger partial charge in [-0.25, -0.2) is 0 Å². The molecule has 1 aliphatic rings. The molecule has 1 heterocycles. The number of carbonyl (C=O) groups excluding carboxylic acids is 2. The monoisotopic (exact) mass is 490 g/mol. The number of aliphatic hydroxyl groups excluding tert-OH is 1. The largest absolute Gasteiger partial charge is 0.496 e. The fourth-order valence-electron chi connectivity index (χ4n) is 3.97. The van der Waals surface area contributed by atoms with Gasteiger partial charge in [0.2, 0.25) is 0 Å². The zero-order chi connectivity index (χ0) is 24.7. The molecule has 34 heavy (non-hydrogen) atoms. The highest BCUT2D eigenvalue weighted by atomic mass is 35.5.